The van der Waals surface area contributed by atoms with Crippen LogP contribution in [0.5, 0.6) is 0 Å². The number of alkyl halides is 4. The van der Waals surface area contributed by atoms with Gasteiger partial charge in [-0.25, -0.2) is 17.6 Å². The lowest BCUT2D eigenvalue weighted by molar-refractivity contribution is -0.136. The van der Waals surface area contributed by atoms with Crippen molar-refractivity contribution in [2.45, 2.75) is 25.7 Å². The van der Waals surface area contributed by atoms with Gasteiger partial charge in [0.05, 0.1) is 0 Å². The fourth-order valence-electron chi connectivity index (χ4n) is 0.684. The zero-order chi connectivity index (χ0) is 10.4. The molecular weight excluding hydrogens is 190 g/mol. The summed E-state index contributed by atoms with van der Waals surface area (Å²) in [4.78, 5) is 10.3. The quantitative estimate of drug-likeness (QED) is 0.652. The number of nitrogens with one attached hydrogen (secondary N) is 1. The normalized spacial score (nSPS) is 15.8. The van der Waals surface area contributed by atoms with Gasteiger partial charge in [0, 0.05) is 6.54 Å². The van der Waals surface area contributed by atoms with Crippen LogP contribution >= 0.6 is 0 Å². The average molecular weight is 201 g/mol. The van der Waals surface area contributed by atoms with E-state index in [9.17, 15) is 22.4 Å². The second kappa shape index (κ2) is 5.90. The Morgan fingerprint density at radius 3 is 2.23 bits per heavy atom. The van der Waals surface area contributed by atoms with Crippen LogP contribution in [-0.4, -0.2) is 37.6 Å². The largest absolute Gasteiger partial charge is 0.314 e. The summed E-state index contributed by atoms with van der Waals surface area (Å²) in [5.74, 6) is -1.99. The molecule has 0 aromatic carbocycles. The molecule has 2 atom stereocenters. The van der Waals surface area contributed by atoms with Crippen LogP contribution in [0.2, 0.25) is 0 Å². The molecule has 0 aliphatic carbocycles. The predicted molar refractivity (Wildman–Crippen MR) is 39.3 cm³/mol. The Labute approximate surface area is 73.3 Å². The van der Waals surface area contributed by atoms with Gasteiger partial charge >= 0.3 is 0 Å². The van der Waals surface area contributed by atoms with Crippen LogP contribution in [0.4, 0.5) is 17.6 Å². The fourth-order valence-corrected chi connectivity index (χ4v) is 0.684. The van der Waals surface area contributed by atoms with Crippen LogP contribution in [-0.2, 0) is 4.79 Å². The Balaban J connectivity index is 3.94. The van der Waals surface area contributed by atoms with Crippen molar-refractivity contribution in [2.24, 2.45) is 0 Å². The number of carbonyl (C=O) groups excluding carboxylic acids is 1. The molecule has 6 heteroatoms. The summed E-state index contributed by atoms with van der Waals surface area (Å²) in [7, 11) is 0. The molecule has 78 valence electrons. The van der Waals surface area contributed by atoms with Crippen LogP contribution in [0, 0.1) is 0 Å². The monoisotopic (exact) mass is 201 g/mol. The molecule has 0 amide bonds. The molecule has 0 heterocycles. The van der Waals surface area contributed by atoms with Crippen LogP contribution in [0.1, 0.15) is 6.92 Å². The van der Waals surface area contributed by atoms with E-state index in [1.807, 2.05) is 0 Å². The molecule has 0 aliphatic heterocycles. The van der Waals surface area contributed by atoms with E-state index in [2.05, 4.69) is 5.32 Å². The highest BCUT2D eigenvalue weighted by molar-refractivity contribution is 5.86. The lowest BCUT2D eigenvalue weighted by Crippen LogP contribution is -2.38. The lowest BCUT2D eigenvalue weighted by atomic mass is 10.1. The van der Waals surface area contributed by atoms with Gasteiger partial charge in [0.1, 0.15) is 0 Å². The smallest absolute Gasteiger partial charge is 0.299 e. The molecule has 0 aromatic rings. The van der Waals surface area contributed by atoms with Gasteiger partial charge in [0.2, 0.25) is 5.78 Å². The molecule has 2 nitrogen and oxygen atoms in total. The second-order valence-corrected chi connectivity index (χ2v) is 2.43. The zero-order valence-corrected chi connectivity index (χ0v) is 7.07. The van der Waals surface area contributed by atoms with Crippen molar-refractivity contribution in [3.63, 3.8) is 0 Å². The van der Waals surface area contributed by atoms with Crippen molar-refractivity contribution in [1.82, 2.24) is 5.32 Å². The van der Waals surface area contributed by atoms with Gasteiger partial charge in [0.25, 0.3) is 6.43 Å². The van der Waals surface area contributed by atoms with Crippen molar-refractivity contribution in [1.29, 1.82) is 0 Å². The topological polar surface area (TPSA) is 29.1 Å². The van der Waals surface area contributed by atoms with Gasteiger partial charge in [-0.1, -0.05) is 6.92 Å². The van der Waals surface area contributed by atoms with E-state index in [1.165, 1.54) is 0 Å². The molecule has 0 spiro atoms. The molecule has 0 radical (unpaired) electrons. The van der Waals surface area contributed by atoms with Gasteiger partial charge < -0.3 is 5.32 Å². The summed E-state index contributed by atoms with van der Waals surface area (Å²) < 4.78 is 48.3. The average Bonchev–Trinajstić information content (AvgIpc) is 2.11. The molecule has 0 aliphatic rings. The summed E-state index contributed by atoms with van der Waals surface area (Å²) >= 11 is 0. The molecule has 0 aromatic heterocycles. The minimum absolute atomic E-state index is 0.385. The number of Topliss-reactive ketones (excluding diaryl/α,β-unsaturated/α-hetero) is 1. The third kappa shape index (κ3) is 4.21. The molecule has 0 saturated heterocycles. The van der Waals surface area contributed by atoms with Crippen LogP contribution < -0.4 is 5.32 Å². The first-order valence-electron chi connectivity index (χ1n) is 3.81. The Kier molecular flexibility index (Phi) is 5.61. The SMILES string of the molecule is CCNCC(F)C(F)C(=O)C(F)F. The maximum atomic E-state index is 12.6. The molecule has 1 N–H and O–H groups in total. The van der Waals surface area contributed by atoms with E-state index in [0.717, 1.165) is 0 Å². The first-order valence-corrected chi connectivity index (χ1v) is 3.81. The number of halogens is 4. The maximum absolute atomic E-state index is 12.6. The van der Waals surface area contributed by atoms with Gasteiger partial charge in [0.15, 0.2) is 12.3 Å². The van der Waals surface area contributed by atoms with Crippen LogP contribution in [0.3, 0.4) is 0 Å². The standard InChI is InChI=1S/C7H11F4NO/c1-2-12-3-4(8)5(9)6(13)7(10)11/h4-5,7,12H,2-3H2,1H3. The zero-order valence-electron chi connectivity index (χ0n) is 7.07. The minimum Gasteiger partial charge on any atom is -0.314 e. The predicted octanol–water partition coefficient (Wildman–Crippen LogP) is 1.11. The summed E-state index contributed by atoms with van der Waals surface area (Å²) in [6, 6.07) is 0. The third-order valence-corrected chi connectivity index (χ3v) is 1.39. The highest BCUT2D eigenvalue weighted by Crippen LogP contribution is 2.09. The summed E-state index contributed by atoms with van der Waals surface area (Å²) in [6.45, 7) is 1.60. The molecule has 0 bridgehead atoms. The van der Waals surface area contributed by atoms with E-state index in [1.54, 1.807) is 6.92 Å². The lowest BCUT2D eigenvalue weighted by Gasteiger charge is -2.11. The van der Waals surface area contributed by atoms with Gasteiger partial charge in [-0.3, -0.25) is 4.79 Å². The molecular formula is C7H11F4NO. The maximum Gasteiger partial charge on any atom is 0.299 e. The van der Waals surface area contributed by atoms with Gasteiger partial charge in [-0.15, -0.1) is 0 Å². The molecule has 0 saturated carbocycles. The number of hydrogen-bond donors (Lipinski definition) is 1. The van der Waals surface area contributed by atoms with Crippen molar-refractivity contribution in [3.8, 4) is 0 Å². The van der Waals surface area contributed by atoms with Crippen LogP contribution in [0.25, 0.3) is 0 Å². The summed E-state index contributed by atoms with van der Waals surface area (Å²) in [6.07, 6.45) is -8.39. The number of ketones is 1. The van der Waals surface area contributed by atoms with Crippen molar-refractivity contribution in [3.05, 3.63) is 0 Å². The summed E-state index contributed by atoms with van der Waals surface area (Å²) in [5, 5.41) is 2.41. The first kappa shape index (κ1) is 12.3. The number of carbonyl (C=O) groups is 1. The Bertz CT molecular complexity index is 165. The van der Waals surface area contributed by atoms with Gasteiger partial charge in [-0.05, 0) is 6.54 Å². The van der Waals surface area contributed by atoms with E-state index >= 15 is 0 Å². The highest BCUT2D eigenvalue weighted by atomic mass is 19.3. The molecule has 2 unspecified atom stereocenters. The molecule has 0 rings (SSSR count). The van der Waals surface area contributed by atoms with E-state index in [4.69, 9.17) is 0 Å². The van der Waals surface area contributed by atoms with Crippen molar-refractivity contribution >= 4 is 5.78 Å². The highest BCUT2D eigenvalue weighted by Gasteiger charge is 2.33. The van der Waals surface area contributed by atoms with Crippen molar-refractivity contribution < 1.29 is 22.4 Å². The third-order valence-electron chi connectivity index (χ3n) is 1.39. The fraction of sp³-hybridized carbons (Fsp3) is 0.857. The molecule has 13 heavy (non-hydrogen) atoms. The first-order chi connectivity index (χ1) is 6.00. The minimum atomic E-state index is -3.45. The van der Waals surface area contributed by atoms with Crippen LogP contribution in [0.15, 0.2) is 0 Å². The van der Waals surface area contributed by atoms with Crippen molar-refractivity contribution in [2.75, 3.05) is 13.1 Å². The second-order valence-electron chi connectivity index (χ2n) is 2.43. The van der Waals surface area contributed by atoms with Gasteiger partial charge in [-0.2, -0.15) is 0 Å². The Hall–Kier alpha value is -0.650. The Morgan fingerprint density at radius 1 is 1.31 bits per heavy atom. The van der Waals surface area contributed by atoms with E-state index < -0.39 is 31.1 Å². The van der Waals surface area contributed by atoms with E-state index in [-0.39, 0.29) is 0 Å². The summed E-state index contributed by atoms with van der Waals surface area (Å²) in [5.41, 5.74) is 0. The van der Waals surface area contributed by atoms with E-state index in [0.29, 0.717) is 6.54 Å². The number of rotatable bonds is 6. The number of hydrogen-bond acceptors (Lipinski definition) is 2. The molecule has 0 fully saturated rings. The Morgan fingerprint density at radius 2 is 1.85 bits per heavy atom.